The third-order valence-corrected chi connectivity index (χ3v) is 6.44. The van der Waals surface area contributed by atoms with Crippen LogP contribution in [0, 0.1) is 0 Å². The standard InChI is InChI=1S/C25H30N4O/c1-3-18-13-21-16-29(22-6-4-5-7-22)25(30)23(21)14-20(18)12-17-8-10-19(11-9-17)24(28-26)15-27-2/h8-11,13-15,22H,3-7,12,16,26H2,1-2H3. The molecule has 0 atom stereocenters. The molecule has 1 aliphatic carbocycles. The van der Waals surface area contributed by atoms with E-state index < -0.39 is 0 Å². The van der Waals surface area contributed by atoms with Crippen molar-refractivity contribution < 1.29 is 4.79 Å². The lowest BCUT2D eigenvalue weighted by Crippen LogP contribution is -2.33. The Morgan fingerprint density at radius 2 is 1.90 bits per heavy atom. The highest BCUT2D eigenvalue weighted by Gasteiger charge is 2.34. The van der Waals surface area contributed by atoms with E-state index in [9.17, 15) is 4.79 Å². The van der Waals surface area contributed by atoms with E-state index in [0.717, 1.165) is 43.4 Å². The van der Waals surface area contributed by atoms with Gasteiger partial charge in [-0.3, -0.25) is 9.79 Å². The van der Waals surface area contributed by atoms with Crippen LogP contribution in [0.3, 0.4) is 0 Å². The number of aryl methyl sites for hydroxylation is 1. The lowest BCUT2D eigenvalue weighted by atomic mass is 9.93. The van der Waals surface area contributed by atoms with Crippen LogP contribution in [0.25, 0.3) is 0 Å². The number of nitrogens with two attached hydrogens (primary N) is 1. The van der Waals surface area contributed by atoms with E-state index in [1.54, 1.807) is 13.3 Å². The second kappa shape index (κ2) is 8.82. The van der Waals surface area contributed by atoms with Gasteiger partial charge < -0.3 is 10.7 Å². The van der Waals surface area contributed by atoms with Gasteiger partial charge in [-0.2, -0.15) is 5.10 Å². The topological polar surface area (TPSA) is 71.0 Å². The van der Waals surface area contributed by atoms with Crippen molar-refractivity contribution in [2.24, 2.45) is 15.9 Å². The molecule has 1 aliphatic heterocycles. The van der Waals surface area contributed by atoms with Gasteiger partial charge in [-0.05, 0) is 54.0 Å². The molecule has 1 fully saturated rings. The van der Waals surface area contributed by atoms with Crippen molar-refractivity contribution in [2.45, 2.75) is 58.0 Å². The number of aliphatic imine (C=N–C) groups is 1. The normalized spacial score (nSPS) is 17.3. The molecule has 0 aromatic heterocycles. The lowest BCUT2D eigenvalue weighted by molar-refractivity contribution is 0.0707. The van der Waals surface area contributed by atoms with Gasteiger partial charge in [-0.15, -0.1) is 0 Å². The Balaban J connectivity index is 1.58. The molecule has 0 saturated heterocycles. The summed E-state index contributed by atoms with van der Waals surface area (Å²) in [5.41, 5.74) is 7.49. The van der Waals surface area contributed by atoms with E-state index in [-0.39, 0.29) is 5.91 Å². The van der Waals surface area contributed by atoms with E-state index >= 15 is 0 Å². The van der Waals surface area contributed by atoms with E-state index in [1.165, 1.54) is 35.1 Å². The molecule has 5 nitrogen and oxygen atoms in total. The summed E-state index contributed by atoms with van der Waals surface area (Å²) in [5, 5.41) is 3.80. The molecule has 2 aromatic rings. The van der Waals surface area contributed by atoms with Gasteiger partial charge in [-0.25, -0.2) is 0 Å². The number of carbonyl (C=O) groups excluding carboxylic acids is 1. The molecule has 156 valence electrons. The summed E-state index contributed by atoms with van der Waals surface area (Å²) in [7, 11) is 1.70. The smallest absolute Gasteiger partial charge is 0.254 e. The third-order valence-electron chi connectivity index (χ3n) is 6.44. The van der Waals surface area contributed by atoms with Crippen molar-refractivity contribution in [3.8, 4) is 0 Å². The Morgan fingerprint density at radius 3 is 2.53 bits per heavy atom. The van der Waals surface area contributed by atoms with Crippen molar-refractivity contribution in [1.29, 1.82) is 0 Å². The molecular weight excluding hydrogens is 372 g/mol. The maximum atomic E-state index is 13.1. The SMILES string of the molecule is CCc1cc2c(cc1Cc1ccc(C(C=NC)=NN)cc1)C(=O)N(C1CCCC1)C2. The summed E-state index contributed by atoms with van der Waals surface area (Å²) in [6, 6.07) is 13.1. The molecule has 1 heterocycles. The highest BCUT2D eigenvalue weighted by Crippen LogP contribution is 2.33. The molecule has 4 rings (SSSR count). The minimum atomic E-state index is 0.221. The van der Waals surface area contributed by atoms with Crippen molar-refractivity contribution in [1.82, 2.24) is 4.90 Å². The lowest BCUT2D eigenvalue weighted by Gasteiger charge is -2.23. The predicted molar refractivity (Wildman–Crippen MR) is 122 cm³/mol. The molecule has 0 unspecified atom stereocenters. The molecular formula is C25H30N4O. The highest BCUT2D eigenvalue weighted by molar-refractivity contribution is 6.38. The number of hydrazone groups is 1. The zero-order valence-electron chi connectivity index (χ0n) is 17.9. The van der Waals surface area contributed by atoms with Crippen molar-refractivity contribution in [3.05, 3.63) is 69.8 Å². The van der Waals surface area contributed by atoms with Crippen LogP contribution < -0.4 is 5.84 Å². The Morgan fingerprint density at radius 1 is 1.17 bits per heavy atom. The van der Waals surface area contributed by atoms with Gasteiger partial charge in [0.05, 0.1) is 0 Å². The highest BCUT2D eigenvalue weighted by atomic mass is 16.2. The van der Waals surface area contributed by atoms with Crippen LogP contribution in [0.5, 0.6) is 0 Å². The van der Waals surface area contributed by atoms with Gasteiger partial charge in [0, 0.05) is 37.0 Å². The summed E-state index contributed by atoms with van der Waals surface area (Å²) in [6.45, 7) is 2.97. The molecule has 0 bridgehead atoms. The molecule has 0 spiro atoms. The van der Waals surface area contributed by atoms with Crippen LogP contribution in [0.1, 0.15) is 70.8 Å². The van der Waals surface area contributed by atoms with Gasteiger partial charge in [0.2, 0.25) is 0 Å². The first-order valence-corrected chi connectivity index (χ1v) is 10.9. The number of hydrogen-bond donors (Lipinski definition) is 1. The first kappa shape index (κ1) is 20.3. The molecule has 0 radical (unpaired) electrons. The summed E-state index contributed by atoms with van der Waals surface area (Å²) in [6.07, 6.45) is 8.22. The number of amides is 1. The predicted octanol–water partition coefficient (Wildman–Crippen LogP) is 4.10. The van der Waals surface area contributed by atoms with E-state index in [1.807, 2.05) is 12.1 Å². The number of rotatable bonds is 6. The number of carbonyl (C=O) groups is 1. The van der Waals surface area contributed by atoms with Crippen molar-refractivity contribution in [2.75, 3.05) is 7.05 Å². The quantitative estimate of drug-likeness (QED) is 0.449. The Labute approximate surface area is 178 Å². The molecule has 2 aromatic carbocycles. The number of hydrogen-bond acceptors (Lipinski definition) is 4. The first-order valence-electron chi connectivity index (χ1n) is 10.9. The van der Waals surface area contributed by atoms with Crippen molar-refractivity contribution >= 4 is 17.8 Å². The molecule has 2 aliphatic rings. The summed E-state index contributed by atoms with van der Waals surface area (Å²) < 4.78 is 0. The zero-order valence-corrected chi connectivity index (χ0v) is 17.9. The van der Waals surface area contributed by atoms with Gasteiger partial charge in [0.15, 0.2) is 0 Å². The third kappa shape index (κ3) is 3.89. The second-order valence-corrected chi connectivity index (χ2v) is 8.28. The molecule has 2 N–H and O–H groups in total. The van der Waals surface area contributed by atoms with Crippen LogP contribution >= 0.6 is 0 Å². The van der Waals surface area contributed by atoms with Crippen LogP contribution in [0.2, 0.25) is 0 Å². The summed E-state index contributed by atoms with van der Waals surface area (Å²) in [5.74, 6) is 5.69. The Kier molecular flexibility index (Phi) is 5.98. The maximum absolute atomic E-state index is 13.1. The second-order valence-electron chi connectivity index (χ2n) is 8.28. The minimum Gasteiger partial charge on any atom is -0.331 e. The van der Waals surface area contributed by atoms with Crippen LogP contribution in [-0.4, -0.2) is 35.8 Å². The monoisotopic (exact) mass is 402 g/mol. The van der Waals surface area contributed by atoms with Crippen LogP contribution in [-0.2, 0) is 19.4 Å². The average molecular weight is 403 g/mol. The van der Waals surface area contributed by atoms with Crippen molar-refractivity contribution in [3.63, 3.8) is 0 Å². The molecule has 30 heavy (non-hydrogen) atoms. The molecule has 5 heteroatoms. The first-order chi connectivity index (χ1) is 14.6. The van der Waals surface area contributed by atoms with Crippen LogP contribution in [0.15, 0.2) is 46.5 Å². The molecule has 1 saturated carbocycles. The Bertz CT molecular complexity index is 985. The van der Waals surface area contributed by atoms with E-state index in [0.29, 0.717) is 11.8 Å². The fourth-order valence-corrected chi connectivity index (χ4v) is 4.80. The maximum Gasteiger partial charge on any atom is 0.254 e. The van der Waals surface area contributed by atoms with E-state index in [2.05, 4.69) is 46.2 Å². The summed E-state index contributed by atoms with van der Waals surface area (Å²) >= 11 is 0. The zero-order chi connectivity index (χ0) is 21.1. The number of benzene rings is 2. The van der Waals surface area contributed by atoms with Gasteiger partial charge >= 0.3 is 0 Å². The molecule has 1 amide bonds. The van der Waals surface area contributed by atoms with Gasteiger partial charge in [0.25, 0.3) is 5.91 Å². The largest absolute Gasteiger partial charge is 0.331 e. The number of nitrogens with zero attached hydrogens (tertiary/aromatic N) is 3. The summed E-state index contributed by atoms with van der Waals surface area (Å²) in [4.78, 5) is 19.2. The van der Waals surface area contributed by atoms with Gasteiger partial charge in [-0.1, -0.05) is 50.1 Å². The van der Waals surface area contributed by atoms with E-state index in [4.69, 9.17) is 5.84 Å². The number of fused-ring (bicyclic) bond motifs is 1. The fraction of sp³-hybridized carbons (Fsp3) is 0.400. The Hall–Kier alpha value is -2.95. The minimum absolute atomic E-state index is 0.221. The van der Waals surface area contributed by atoms with Crippen LogP contribution in [0.4, 0.5) is 0 Å². The fourth-order valence-electron chi connectivity index (χ4n) is 4.80. The average Bonchev–Trinajstić information content (AvgIpc) is 3.40. The van der Waals surface area contributed by atoms with Gasteiger partial charge in [0.1, 0.15) is 5.71 Å².